The van der Waals surface area contributed by atoms with E-state index in [2.05, 4.69) is 22.3 Å². The van der Waals surface area contributed by atoms with Crippen molar-refractivity contribution in [3.63, 3.8) is 0 Å². The largest absolute Gasteiger partial charge is 0.319 e. The molecule has 0 aliphatic heterocycles. The van der Waals surface area contributed by atoms with Gasteiger partial charge in [-0.2, -0.15) is 5.10 Å². The number of rotatable bonds is 5. The van der Waals surface area contributed by atoms with Gasteiger partial charge in [-0.05, 0) is 32.2 Å². The first-order valence-corrected chi connectivity index (χ1v) is 5.81. The standard InChI is InChI=1S/C11H20N4/c1-3-15-10(13-9-14-15)7-11(8-12-2)5-4-6-11/h9,12H,3-8H2,1-2H3. The van der Waals surface area contributed by atoms with Gasteiger partial charge >= 0.3 is 0 Å². The van der Waals surface area contributed by atoms with Gasteiger partial charge in [0.2, 0.25) is 0 Å². The predicted molar refractivity (Wildman–Crippen MR) is 59.6 cm³/mol. The highest BCUT2D eigenvalue weighted by molar-refractivity contribution is 4.99. The van der Waals surface area contributed by atoms with Crippen LogP contribution in [0.15, 0.2) is 6.33 Å². The summed E-state index contributed by atoms with van der Waals surface area (Å²) in [7, 11) is 2.03. The lowest BCUT2D eigenvalue weighted by atomic mass is 9.66. The molecule has 1 aliphatic carbocycles. The Morgan fingerprint density at radius 2 is 2.33 bits per heavy atom. The summed E-state index contributed by atoms with van der Waals surface area (Å²) < 4.78 is 2.01. The summed E-state index contributed by atoms with van der Waals surface area (Å²) >= 11 is 0. The maximum absolute atomic E-state index is 4.36. The van der Waals surface area contributed by atoms with Crippen LogP contribution in [0.2, 0.25) is 0 Å². The number of hydrogen-bond acceptors (Lipinski definition) is 3. The van der Waals surface area contributed by atoms with Gasteiger partial charge in [-0.25, -0.2) is 4.98 Å². The zero-order chi connectivity index (χ0) is 10.7. The summed E-state index contributed by atoms with van der Waals surface area (Å²) in [5.41, 5.74) is 0.453. The molecule has 4 heteroatoms. The molecule has 0 unspecified atom stereocenters. The van der Waals surface area contributed by atoms with Gasteiger partial charge in [0.1, 0.15) is 12.2 Å². The molecule has 0 bridgehead atoms. The van der Waals surface area contributed by atoms with Gasteiger partial charge in [0.15, 0.2) is 0 Å². The van der Waals surface area contributed by atoms with E-state index >= 15 is 0 Å². The zero-order valence-corrected chi connectivity index (χ0v) is 9.66. The topological polar surface area (TPSA) is 42.7 Å². The van der Waals surface area contributed by atoms with E-state index in [4.69, 9.17) is 0 Å². The van der Waals surface area contributed by atoms with E-state index in [1.54, 1.807) is 6.33 Å². The molecule has 0 saturated heterocycles. The van der Waals surface area contributed by atoms with Crippen molar-refractivity contribution < 1.29 is 0 Å². The summed E-state index contributed by atoms with van der Waals surface area (Å²) in [6, 6.07) is 0. The van der Waals surface area contributed by atoms with Crippen molar-refractivity contribution in [2.75, 3.05) is 13.6 Å². The summed E-state index contributed by atoms with van der Waals surface area (Å²) in [4.78, 5) is 4.36. The molecule has 0 aromatic carbocycles. The van der Waals surface area contributed by atoms with Crippen molar-refractivity contribution in [2.24, 2.45) is 5.41 Å². The Hall–Kier alpha value is -0.900. The molecule has 1 fully saturated rings. The number of nitrogens with zero attached hydrogens (tertiary/aromatic N) is 3. The van der Waals surface area contributed by atoms with Gasteiger partial charge in [0.05, 0.1) is 0 Å². The van der Waals surface area contributed by atoms with Crippen LogP contribution in [-0.4, -0.2) is 28.4 Å². The molecule has 0 atom stereocenters. The van der Waals surface area contributed by atoms with E-state index in [1.165, 1.54) is 19.3 Å². The monoisotopic (exact) mass is 208 g/mol. The smallest absolute Gasteiger partial charge is 0.138 e. The van der Waals surface area contributed by atoms with Crippen LogP contribution >= 0.6 is 0 Å². The molecular formula is C11H20N4. The second kappa shape index (κ2) is 4.31. The van der Waals surface area contributed by atoms with Crippen LogP contribution in [0.25, 0.3) is 0 Å². The fourth-order valence-electron chi connectivity index (χ4n) is 2.49. The Bertz CT molecular complexity index is 314. The highest BCUT2D eigenvalue weighted by Crippen LogP contribution is 2.42. The number of aryl methyl sites for hydroxylation is 1. The molecule has 1 heterocycles. The highest BCUT2D eigenvalue weighted by atomic mass is 15.3. The summed E-state index contributed by atoms with van der Waals surface area (Å²) in [6.07, 6.45) is 6.75. The molecule has 0 spiro atoms. The Morgan fingerprint density at radius 1 is 1.53 bits per heavy atom. The Kier molecular flexibility index (Phi) is 3.05. The quantitative estimate of drug-likeness (QED) is 0.791. The molecule has 0 amide bonds. The summed E-state index contributed by atoms with van der Waals surface area (Å²) in [5, 5.41) is 7.53. The second-order valence-electron chi connectivity index (χ2n) is 4.55. The minimum atomic E-state index is 0.453. The van der Waals surface area contributed by atoms with Gasteiger partial charge in [0.25, 0.3) is 0 Å². The third-order valence-corrected chi connectivity index (χ3v) is 3.49. The highest BCUT2D eigenvalue weighted by Gasteiger charge is 2.37. The lowest BCUT2D eigenvalue weighted by Gasteiger charge is -2.41. The Balaban J connectivity index is 2.06. The number of aromatic nitrogens is 3. The van der Waals surface area contributed by atoms with Gasteiger partial charge in [0, 0.05) is 19.5 Å². The Labute approximate surface area is 91.1 Å². The molecule has 4 nitrogen and oxygen atoms in total. The van der Waals surface area contributed by atoms with E-state index in [-0.39, 0.29) is 0 Å². The van der Waals surface area contributed by atoms with Crippen molar-refractivity contribution in [2.45, 2.75) is 39.2 Å². The molecule has 1 aromatic rings. The van der Waals surface area contributed by atoms with Gasteiger partial charge in [-0.3, -0.25) is 4.68 Å². The van der Waals surface area contributed by atoms with Crippen LogP contribution in [0.5, 0.6) is 0 Å². The number of nitrogens with one attached hydrogen (secondary N) is 1. The molecule has 0 radical (unpaired) electrons. The van der Waals surface area contributed by atoms with Crippen LogP contribution in [0.4, 0.5) is 0 Å². The third-order valence-electron chi connectivity index (χ3n) is 3.49. The van der Waals surface area contributed by atoms with Gasteiger partial charge < -0.3 is 5.32 Å². The van der Waals surface area contributed by atoms with Crippen molar-refractivity contribution in [3.8, 4) is 0 Å². The lowest BCUT2D eigenvalue weighted by molar-refractivity contribution is 0.128. The average molecular weight is 208 g/mol. The van der Waals surface area contributed by atoms with Crippen molar-refractivity contribution >= 4 is 0 Å². The minimum Gasteiger partial charge on any atom is -0.319 e. The zero-order valence-electron chi connectivity index (χ0n) is 9.66. The Morgan fingerprint density at radius 3 is 2.87 bits per heavy atom. The molecule has 1 aromatic heterocycles. The predicted octanol–water partition coefficient (Wildman–Crippen LogP) is 1.23. The van der Waals surface area contributed by atoms with Crippen molar-refractivity contribution in [1.82, 2.24) is 20.1 Å². The molecule has 84 valence electrons. The average Bonchev–Trinajstić information content (AvgIpc) is 2.62. The van der Waals surface area contributed by atoms with E-state index in [9.17, 15) is 0 Å². The second-order valence-corrected chi connectivity index (χ2v) is 4.55. The van der Waals surface area contributed by atoms with Crippen LogP contribution in [0.3, 0.4) is 0 Å². The van der Waals surface area contributed by atoms with E-state index in [0.29, 0.717) is 5.41 Å². The third kappa shape index (κ3) is 2.04. The minimum absolute atomic E-state index is 0.453. The fraction of sp³-hybridized carbons (Fsp3) is 0.818. The first-order chi connectivity index (χ1) is 7.29. The van der Waals surface area contributed by atoms with Gasteiger partial charge in [-0.1, -0.05) is 6.42 Å². The maximum atomic E-state index is 4.36. The van der Waals surface area contributed by atoms with E-state index in [1.807, 2.05) is 11.7 Å². The molecule has 1 saturated carbocycles. The summed E-state index contributed by atoms with van der Waals surface area (Å²) in [6.45, 7) is 4.14. The normalized spacial score (nSPS) is 18.8. The lowest BCUT2D eigenvalue weighted by Crippen LogP contribution is -2.41. The van der Waals surface area contributed by atoms with Crippen LogP contribution in [0, 0.1) is 5.41 Å². The fourth-order valence-corrected chi connectivity index (χ4v) is 2.49. The van der Waals surface area contributed by atoms with Crippen LogP contribution in [-0.2, 0) is 13.0 Å². The van der Waals surface area contributed by atoms with Crippen LogP contribution in [0.1, 0.15) is 32.0 Å². The molecule has 1 N–H and O–H groups in total. The summed E-state index contributed by atoms with van der Waals surface area (Å²) in [5.74, 6) is 1.15. The first kappa shape index (κ1) is 10.6. The first-order valence-electron chi connectivity index (χ1n) is 5.81. The van der Waals surface area contributed by atoms with E-state index in [0.717, 1.165) is 25.3 Å². The number of hydrogen-bond donors (Lipinski definition) is 1. The molecule has 2 rings (SSSR count). The SMILES string of the molecule is CCn1ncnc1CC1(CNC)CCC1. The molecule has 1 aliphatic rings. The van der Waals surface area contributed by atoms with Crippen LogP contribution < -0.4 is 5.32 Å². The maximum Gasteiger partial charge on any atom is 0.138 e. The van der Waals surface area contributed by atoms with Crippen molar-refractivity contribution in [3.05, 3.63) is 12.2 Å². The van der Waals surface area contributed by atoms with E-state index < -0.39 is 0 Å². The van der Waals surface area contributed by atoms with Crippen molar-refractivity contribution in [1.29, 1.82) is 0 Å². The van der Waals surface area contributed by atoms with Gasteiger partial charge in [-0.15, -0.1) is 0 Å². The molecular weight excluding hydrogens is 188 g/mol. The molecule has 15 heavy (non-hydrogen) atoms.